The molecular formula is C20H20O3. The second kappa shape index (κ2) is 7.14. The minimum absolute atomic E-state index is 0.0461. The number of hydrogen-bond donors (Lipinski definition) is 0. The second-order valence-electron chi connectivity index (χ2n) is 5.95. The number of ketones is 3. The molecule has 1 aromatic carbocycles. The highest BCUT2D eigenvalue weighted by Gasteiger charge is 2.34. The smallest absolute Gasteiger partial charge is 0.237 e. The lowest BCUT2D eigenvalue weighted by Crippen LogP contribution is -2.29. The fourth-order valence-electron chi connectivity index (χ4n) is 2.42. The van der Waals surface area contributed by atoms with E-state index in [4.69, 9.17) is 0 Å². The van der Waals surface area contributed by atoms with Crippen molar-refractivity contribution in [1.29, 1.82) is 0 Å². The quantitative estimate of drug-likeness (QED) is 0.361. The van der Waals surface area contributed by atoms with E-state index in [1.807, 2.05) is 20.8 Å². The molecule has 1 aliphatic rings. The van der Waals surface area contributed by atoms with Crippen molar-refractivity contribution in [2.24, 2.45) is 0 Å². The van der Waals surface area contributed by atoms with Crippen molar-refractivity contribution >= 4 is 17.3 Å². The number of hydrogen-bond acceptors (Lipinski definition) is 3. The molecule has 118 valence electrons. The van der Waals surface area contributed by atoms with E-state index in [0.29, 0.717) is 5.56 Å². The van der Waals surface area contributed by atoms with Gasteiger partial charge in [0.25, 0.3) is 0 Å². The molecule has 0 bridgehead atoms. The van der Waals surface area contributed by atoms with Gasteiger partial charge in [-0.15, -0.1) is 0 Å². The van der Waals surface area contributed by atoms with Crippen LogP contribution >= 0.6 is 0 Å². The van der Waals surface area contributed by atoms with Crippen molar-refractivity contribution in [1.82, 2.24) is 0 Å². The molecule has 0 aliphatic heterocycles. The number of Topliss-reactive ketones (excluding diaryl/α,β-unsaturated/α-hetero) is 3. The molecule has 1 aromatic rings. The number of allylic oxidation sites excluding steroid dienone is 6. The van der Waals surface area contributed by atoms with Crippen molar-refractivity contribution in [3.05, 3.63) is 70.3 Å². The van der Waals surface area contributed by atoms with Crippen LogP contribution in [0.3, 0.4) is 0 Å². The van der Waals surface area contributed by atoms with Crippen molar-refractivity contribution in [2.75, 3.05) is 0 Å². The van der Waals surface area contributed by atoms with Gasteiger partial charge in [0.1, 0.15) is 0 Å². The Morgan fingerprint density at radius 3 is 2.13 bits per heavy atom. The van der Waals surface area contributed by atoms with Crippen molar-refractivity contribution < 1.29 is 14.4 Å². The summed E-state index contributed by atoms with van der Waals surface area (Å²) in [4.78, 5) is 36.6. The minimum Gasteiger partial charge on any atom is -0.288 e. The molecule has 1 aliphatic carbocycles. The average Bonchev–Trinajstić information content (AvgIpc) is 2.52. The standard InChI is InChI=1S/C20H20O3/c1-13(2)7-6-8-14(3)11-12-17-18(21)15-9-4-5-10-16(15)19(22)20(17)23/h4-5,7,9-12H,6,8H2,1-3H3. The van der Waals surface area contributed by atoms with E-state index >= 15 is 0 Å². The molecular weight excluding hydrogens is 288 g/mol. The minimum atomic E-state index is -0.720. The van der Waals surface area contributed by atoms with Gasteiger partial charge in [-0.1, -0.05) is 47.6 Å². The summed E-state index contributed by atoms with van der Waals surface area (Å²) in [6.07, 6.45) is 7.14. The molecule has 0 saturated heterocycles. The Labute approximate surface area is 136 Å². The number of fused-ring (bicyclic) bond motifs is 1. The van der Waals surface area contributed by atoms with E-state index in [-0.39, 0.29) is 16.9 Å². The Morgan fingerprint density at radius 2 is 1.52 bits per heavy atom. The number of rotatable bonds is 4. The second-order valence-corrected chi connectivity index (χ2v) is 5.95. The van der Waals surface area contributed by atoms with Crippen molar-refractivity contribution in [3.63, 3.8) is 0 Å². The first kappa shape index (κ1) is 16.8. The molecule has 0 fully saturated rings. The van der Waals surface area contributed by atoms with Crippen LogP contribution in [-0.4, -0.2) is 17.3 Å². The molecule has 0 aromatic heterocycles. The van der Waals surface area contributed by atoms with Crippen LogP contribution in [0.5, 0.6) is 0 Å². The highest BCUT2D eigenvalue weighted by molar-refractivity contribution is 6.59. The lowest BCUT2D eigenvalue weighted by Gasteiger charge is -2.14. The SMILES string of the molecule is CC(C)=CCCC(C)=CC=C1C(=O)C(=O)c2ccccc2C1=O. The normalized spacial score (nSPS) is 16.6. The van der Waals surface area contributed by atoms with Crippen LogP contribution < -0.4 is 0 Å². The summed E-state index contributed by atoms with van der Waals surface area (Å²) in [6.45, 7) is 6.04. The first-order valence-electron chi connectivity index (χ1n) is 7.65. The Balaban J connectivity index is 2.26. The largest absolute Gasteiger partial charge is 0.288 e. The van der Waals surface area contributed by atoms with Crippen LogP contribution in [0, 0.1) is 0 Å². The van der Waals surface area contributed by atoms with Gasteiger partial charge < -0.3 is 0 Å². The molecule has 0 spiro atoms. The Kier molecular flexibility index (Phi) is 5.22. The summed E-state index contributed by atoms with van der Waals surface area (Å²) in [5.41, 5.74) is 2.77. The first-order chi connectivity index (χ1) is 10.9. The van der Waals surface area contributed by atoms with Gasteiger partial charge in [-0.3, -0.25) is 14.4 Å². The zero-order valence-corrected chi connectivity index (χ0v) is 13.7. The Bertz CT molecular complexity index is 757. The fraction of sp³-hybridized carbons (Fsp3) is 0.250. The zero-order valence-electron chi connectivity index (χ0n) is 13.7. The van der Waals surface area contributed by atoms with E-state index in [0.717, 1.165) is 18.4 Å². The van der Waals surface area contributed by atoms with Crippen molar-refractivity contribution in [2.45, 2.75) is 33.6 Å². The fourth-order valence-corrected chi connectivity index (χ4v) is 2.42. The van der Waals surface area contributed by atoms with Gasteiger partial charge in [-0.2, -0.15) is 0 Å². The van der Waals surface area contributed by atoms with Gasteiger partial charge in [0.05, 0.1) is 5.57 Å². The van der Waals surface area contributed by atoms with Gasteiger partial charge in [0.15, 0.2) is 5.78 Å². The lowest BCUT2D eigenvalue weighted by atomic mass is 9.84. The molecule has 3 nitrogen and oxygen atoms in total. The van der Waals surface area contributed by atoms with Crippen LogP contribution in [0.15, 0.2) is 59.2 Å². The first-order valence-corrected chi connectivity index (χ1v) is 7.65. The molecule has 2 rings (SSSR count). The summed E-state index contributed by atoms with van der Waals surface area (Å²) in [5.74, 6) is -1.71. The third-order valence-electron chi connectivity index (χ3n) is 3.74. The van der Waals surface area contributed by atoms with Crippen molar-refractivity contribution in [3.8, 4) is 0 Å². The molecule has 0 heterocycles. The van der Waals surface area contributed by atoms with E-state index in [1.165, 1.54) is 17.7 Å². The average molecular weight is 308 g/mol. The van der Waals surface area contributed by atoms with Crippen LogP contribution in [0.2, 0.25) is 0 Å². The number of carbonyl (C=O) groups is 3. The predicted octanol–water partition coefficient (Wildman–Crippen LogP) is 4.25. The highest BCUT2D eigenvalue weighted by atomic mass is 16.2. The topological polar surface area (TPSA) is 51.2 Å². The molecule has 0 radical (unpaired) electrons. The molecule has 23 heavy (non-hydrogen) atoms. The van der Waals surface area contributed by atoms with Crippen LogP contribution in [-0.2, 0) is 4.79 Å². The molecule has 0 unspecified atom stereocenters. The van der Waals surface area contributed by atoms with E-state index in [9.17, 15) is 14.4 Å². The molecule has 0 N–H and O–H groups in total. The van der Waals surface area contributed by atoms with Crippen LogP contribution in [0.25, 0.3) is 0 Å². The summed E-state index contributed by atoms with van der Waals surface area (Å²) in [7, 11) is 0. The maximum atomic E-state index is 12.4. The molecule has 0 amide bonds. The van der Waals surface area contributed by atoms with E-state index in [2.05, 4.69) is 6.08 Å². The maximum Gasteiger partial charge on any atom is 0.237 e. The van der Waals surface area contributed by atoms with E-state index < -0.39 is 11.6 Å². The van der Waals surface area contributed by atoms with Crippen LogP contribution in [0.1, 0.15) is 54.3 Å². The third kappa shape index (κ3) is 3.81. The summed E-state index contributed by atoms with van der Waals surface area (Å²) in [6, 6.07) is 6.45. The molecule has 0 atom stereocenters. The summed E-state index contributed by atoms with van der Waals surface area (Å²) < 4.78 is 0. The van der Waals surface area contributed by atoms with Gasteiger partial charge in [-0.25, -0.2) is 0 Å². The van der Waals surface area contributed by atoms with Gasteiger partial charge in [0, 0.05) is 11.1 Å². The summed E-state index contributed by atoms with van der Waals surface area (Å²) >= 11 is 0. The van der Waals surface area contributed by atoms with Gasteiger partial charge >= 0.3 is 0 Å². The van der Waals surface area contributed by atoms with Crippen LogP contribution in [0.4, 0.5) is 0 Å². The molecule has 0 saturated carbocycles. The third-order valence-corrected chi connectivity index (χ3v) is 3.74. The predicted molar refractivity (Wildman–Crippen MR) is 90.6 cm³/mol. The zero-order chi connectivity index (χ0) is 17.0. The number of benzene rings is 1. The maximum absolute atomic E-state index is 12.4. The lowest BCUT2D eigenvalue weighted by molar-refractivity contribution is -0.111. The highest BCUT2D eigenvalue weighted by Crippen LogP contribution is 2.23. The van der Waals surface area contributed by atoms with E-state index in [1.54, 1.807) is 24.3 Å². The van der Waals surface area contributed by atoms with Gasteiger partial charge in [0.2, 0.25) is 11.6 Å². The number of carbonyl (C=O) groups excluding carboxylic acids is 3. The molecule has 3 heteroatoms. The summed E-state index contributed by atoms with van der Waals surface area (Å²) in [5, 5.41) is 0. The monoisotopic (exact) mass is 308 g/mol. The Morgan fingerprint density at radius 1 is 0.913 bits per heavy atom. The Hall–Kier alpha value is -2.55. The van der Waals surface area contributed by atoms with Gasteiger partial charge in [-0.05, 0) is 39.7 Å².